The molecule has 6 heteroatoms. The molecule has 0 unspecified atom stereocenters. The number of anilines is 1. The lowest BCUT2D eigenvalue weighted by Crippen LogP contribution is -2.45. The van der Waals surface area contributed by atoms with E-state index >= 15 is 0 Å². The summed E-state index contributed by atoms with van der Waals surface area (Å²) >= 11 is 0. The first-order valence-corrected chi connectivity index (χ1v) is 6.96. The van der Waals surface area contributed by atoms with Crippen LogP contribution in [0, 0.1) is 0 Å². The van der Waals surface area contributed by atoms with Crippen molar-refractivity contribution in [1.82, 2.24) is 24.5 Å². The van der Waals surface area contributed by atoms with Crippen molar-refractivity contribution in [2.24, 2.45) is 0 Å². The van der Waals surface area contributed by atoms with Crippen molar-refractivity contribution in [2.45, 2.75) is 18.8 Å². The maximum atomic E-state index is 4.53. The van der Waals surface area contributed by atoms with Gasteiger partial charge in [-0.05, 0) is 19.9 Å². The number of likely N-dealkylation sites (N-methyl/N-ethyl adjacent to an activating group) is 1. The Morgan fingerprint density at radius 1 is 1.11 bits per heavy atom. The molecule has 2 aromatic heterocycles. The van der Waals surface area contributed by atoms with Gasteiger partial charge in [-0.25, -0.2) is 4.98 Å². The van der Waals surface area contributed by atoms with Crippen LogP contribution in [0.2, 0.25) is 0 Å². The molecule has 1 aliphatic carbocycles. The van der Waals surface area contributed by atoms with E-state index in [1.165, 1.54) is 12.8 Å². The highest BCUT2D eigenvalue weighted by atomic mass is 15.3. The van der Waals surface area contributed by atoms with Crippen molar-refractivity contribution >= 4 is 11.5 Å². The normalized spacial score (nSPS) is 21.2. The quantitative estimate of drug-likeness (QED) is 0.795. The first kappa shape index (κ1) is 11.2. The van der Waals surface area contributed by atoms with Crippen LogP contribution in [-0.4, -0.2) is 57.7 Å². The van der Waals surface area contributed by atoms with E-state index in [9.17, 15) is 0 Å². The van der Waals surface area contributed by atoms with Gasteiger partial charge in [0, 0.05) is 44.5 Å². The van der Waals surface area contributed by atoms with Gasteiger partial charge in [-0.2, -0.15) is 0 Å². The van der Waals surface area contributed by atoms with E-state index in [0.29, 0.717) is 5.92 Å². The van der Waals surface area contributed by atoms with E-state index < -0.39 is 0 Å². The van der Waals surface area contributed by atoms with Gasteiger partial charge in [0.1, 0.15) is 5.82 Å². The van der Waals surface area contributed by atoms with Crippen molar-refractivity contribution in [3.05, 3.63) is 18.2 Å². The molecule has 0 aromatic carbocycles. The second-order valence-electron chi connectivity index (χ2n) is 5.57. The maximum Gasteiger partial charge on any atom is 0.203 e. The molecule has 0 amide bonds. The predicted octanol–water partition coefficient (Wildman–Crippen LogP) is 0.753. The fourth-order valence-corrected chi connectivity index (χ4v) is 2.69. The summed E-state index contributed by atoms with van der Waals surface area (Å²) in [5.41, 5.74) is 0.911. The maximum absolute atomic E-state index is 4.53. The van der Waals surface area contributed by atoms with Gasteiger partial charge >= 0.3 is 0 Å². The summed E-state index contributed by atoms with van der Waals surface area (Å²) < 4.78 is 2.12. The van der Waals surface area contributed by atoms with Crippen molar-refractivity contribution in [3.8, 4) is 0 Å². The minimum atomic E-state index is 0.609. The molecule has 6 nitrogen and oxygen atoms in total. The zero-order valence-corrected chi connectivity index (χ0v) is 11.2. The van der Waals surface area contributed by atoms with Crippen LogP contribution in [-0.2, 0) is 0 Å². The Hall–Kier alpha value is -1.69. The van der Waals surface area contributed by atoms with Gasteiger partial charge in [0.15, 0.2) is 5.82 Å². The molecule has 1 saturated carbocycles. The molecular formula is C13H18N6. The lowest BCUT2D eigenvalue weighted by molar-refractivity contribution is 0.312. The van der Waals surface area contributed by atoms with Crippen LogP contribution in [0.4, 0.5) is 5.82 Å². The lowest BCUT2D eigenvalue weighted by Gasteiger charge is -2.33. The number of hydrogen-bond donors (Lipinski definition) is 0. The standard InChI is InChI=1S/C13H18N6/c1-17-6-8-18(9-7-17)12-13-16-15-11(10-2-3-10)19(13)5-4-14-12/h4-5,10H,2-3,6-9H2,1H3. The monoisotopic (exact) mass is 258 g/mol. The van der Waals surface area contributed by atoms with E-state index in [2.05, 4.69) is 36.4 Å². The highest BCUT2D eigenvalue weighted by Crippen LogP contribution is 2.39. The Morgan fingerprint density at radius 2 is 1.89 bits per heavy atom. The Bertz CT molecular complexity index is 594. The van der Waals surface area contributed by atoms with Gasteiger partial charge in [-0.3, -0.25) is 4.40 Å². The van der Waals surface area contributed by atoms with Gasteiger partial charge in [0.2, 0.25) is 5.65 Å². The third-order valence-corrected chi connectivity index (χ3v) is 4.08. The summed E-state index contributed by atoms with van der Waals surface area (Å²) in [4.78, 5) is 9.20. The van der Waals surface area contributed by atoms with E-state index in [1.807, 2.05) is 12.4 Å². The average molecular weight is 258 g/mol. The number of rotatable bonds is 2. The highest BCUT2D eigenvalue weighted by molar-refractivity contribution is 5.64. The summed E-state index contributed by atoms with van der Waals surface area (Å²) in [5, 5.41) is 8.73. The van der Waals surface area contributed by atoms with Crippen molar-refractivity contribution < 1.29 is 0 Å². The number of aromatic nitrogens is 4. The van der Waals surface area contributed by atoms with Crippen LogP contribution in [0.1, 0.15) is 24.6 Å². The number of nitrogens with zero attached hydrogens (tertiary/aromatic N) is 6. The average Bonchev–Trinajstić information content (AvgIpc) is 3.19. The zero-order valence-electron chi connectivity index (χ0n) is 11.2. The van der Waals surface area contributed by atoms with E-state index in [4.69, 9.17) is 0 Å². The van der Waals surface area contributed by atoms with Crippen LogP contribution in [0.5, 0.6) is 0 Å². The summed E-state index contributed by atoms with van der Waals surface area (Å²) in [6, 6.07) is 0. The van der Waals surface area contributed by atoms with E-state index in [-0.39, 0.29) is 0 Å². The fraction of sp³-hybridized carbons (Fsp3) is 0.615. The lowest BCUT2D eigenvalue weighted by atomic mass is 10.3. The number of piperazine rings is 1. The fourth-order valence-electron chi connectivity index (χ4n) is 2.69. The molecule has 4 rings (SSSR count). The molecule has 0 bridgehead atoms. The molecule has 3 heterocycles. The highest BCUT2D eigenvalue weighted by Gasteiger charge is 2.29. The zero-order chi connectivity index (χ0) is 12.8. The topological polar surface area (TPSA) is 49.6 Å². The van der Waals surface area contributed by atoms with Crippen molar-refractivity contribution in [2.75, 3.05) is 38.1 Å². The molecule has 0 radical (unpaired) electrons. The molecule has 19 heavy (non-hydrogen) atoms. The summed E-state index contributed by atoms with van der Waals surface area (Å²) in [7, 11) is 2.16. The van der Waals surface area contributed by atoms with Crippen LogP contribution >= 0.6 is 0 Å². The minimum absolute atomic E-state index is 0.609. The second-order valence-corrected chi connectivity index (χ2v) is 5.57. The first-order chi connectivity index (χ1) is 9.33. The minimum Gasteiger partial charge on any atom is -0.351 e. The molecule has 0 atom stereocenters. The summed E-state index contributed by atoms with van der Waals surface area (Å²) in [5.74, 6) is 2.69. The molecule has 2 aromatic rings. The van der Waals surface area contributed by atoms with Gasteiger partial charge in [-0.1, -0.05) is 0 Å². The number of fused-ring (bicyclic) bond motifs is 1. The number of hydrogen-bond acceptors (Lipinski definition) is 5. The van der Waals surface area contributed by atoms with Crippen molar-refractivity contribution in [3.63, 3.8) is 0 Å². The Kier molecular flexibility index (Phi) is 2.44. The first-order valence-electron chi connectivity index (χ1n) is 6.96. The van der Waals surface area contributed by atoms with Gasteiger partial charge in [-0.15, -0.1) is 10.2 Å². The van der Waals surface area contributed by atoms with Crippen molar-refractivity contribution in [1.29, 1.82) is 0 Å². The smallest absolute Gasteiger partial charge is 0.203 e. The molecule has 1 aliphatic heterocycles. The van der Waals surface area contributed by atoms with Gasteiger partial charge in [0.25, 0.3) is 0 Å². The largest absolute Gasteiger partial charge is 0.351 e. The van der Waals surface area contributed by atoms with Gasteiger partial charge < -0.3 is 9.80 Å². The molecule has 100 valence electrons. The molecule has 2 fully saturated rings. The van der Waals surface area contributed by atoms with Crippen LogP contribution in [0.3, 0.4) is 0 Å². The van der Waals surface area contributed by atoms with Crippen LogP contribution < -0.4 is 4.90 Å². The van der Waals surface area contributed by atoms with Crippen LogP contribution in [0.15, 0.2) is 12.4 Å². The molecular weight excluding hydrogens is 240 g/mol. The Morgan fingerprint density at radius 3 is 2.63 bits per heavy atom. The second kappa shape index (κ2) is 4.16. The molecule has 0 spiro atoms. The van der Waals surface area contributed by atoms with Crippen LogP contribution in [0.25, 0.3) is 5.65 Å². The summed E-state index contributed by atoms with van der Waals surface area (Å²) in [6.45, 7) is 4.17. The molecule has 1 saturated heterocycles. The Labute approximate surface area is 112 Å². The third kappa shape index (κ3) is 1.87. The van der Waals surface area contributed by atoms with Gasteiger partial charge in [0.05, 0.1) is 0 Å². The predicted molar refractivity (Wildman–Crippen MR) is 72.5 cm³/mol. The van der Waals surface area contributed by atoms with E-state index in [0.717, 1.165) is 43.5 Å². The van der Waals surface area contributed by atoms with E-state index in [1.54, 1.807) is 0 Å². The third-order valence-electron chi connectivity index (χ3n) is 4.08. The molecule has 0 N–H and O–H groups in total. The Balaban J connectivity index is 1.73. The SMILES string of the molecule is CN1CCN(c2nccn3c(C4CC4)nnc23)CC1. The summed E-state index contributed by atoms with van der Waals surface area (Å²) in [6.07, 6.45) is 6.35. The molecule has 2 aliphatic rings.